The molecule has 0 radical (unpaired) electrons. The first-order valence-corrected chi connectivity index (χ1v) is 11.6. The SMILES string of the molecule is COC(=O)c1ccc(C2CC2)c(S(=O)(=O)Nc2cc(C#N)c(F)cc2-c2ccsn2)c1. The van der Waals surface area contributed by atoms with E-state index in [0.717, 1.165) is 36.5 Å². The van der Waals surface area contributed by atoms with Crippen molar-refractivity contribution in [3.05, 3.63) is 64.3 Å². The minimum Gasteiger partial charge on any atom is -0.465 e. The number of halogens is 1. The number of nitriles is 1. The van der Waals surface area contributed by atoms with Crippen molar-refractivity contribution in [3.8, 4) is 17.3 Å². The summed E-state index contributed by atoms with van der Waals surface area (Å²) in [6.45, 7) is 0. The molecule has 0 atom stereocenters. The van der Waals surface area contributed by atoms with Crippen LogP contribution in [0.3, 0.4) is 0 Å². The Morgan fingerprint density at radius 1 is 1.29 bits per heavy atom. The van der Waals surface area contributed by atoms with Crippen LogP contribution >= 0.6 is 11.5 Å². The van der Waals surface area contributed by atoms with Gasteiger partial charge in [-0.1, -0.05) is 6.07 Å². The molecule has 1 fully saturated rings. The molecule has 0 bridgehead atoms. The van der Waals surface area contributed by atoms with Crippen molar-refractivity contribution in [1.29, 1.82) is 5.26 Å². The molecular formula is C21H16FN3O4S2. The zero-order valence-electron chi connectivity index (χ0n) is 16.3. The Balaban J connectivity index is 1.83. The molecule has 0 aliphatic heterocycles. The minimum atomic E-state index is -4.18. The maximum atomic E-state index is 14.3. The first-order valence-electron chi connectivity index (χ1n) is 9.23. The lowest BCUT2D eigenvalue weighted by Crippen LogP contribution is -2.17. The summed E-state index contributed by atoms with van der Waals surface area (Å²) in [5, 5.41) is 10.9. The molecule has 2 aromatic carbocycles. The van der Waals surface area contributed by atoms with Crippen LogP contribution in [0.15, 0.2) is 46.7 Å². The average molecular weight is 458 g/mol. The van der Waals surface area contributed by atoms with Gasteiger partial charge < -0.3 is 4.74 Å². The van der Waals surface area contributed by atoms with Crippen molar-refractivity contribution >= 4 is 33.2 Å². The molecule has 3 aromatic rings. The van der Waals surface area contributed by atoms with Crippen LogP contribution in [-0.4, -0.2) is 25.9 Å². The van der Waals surface area contributed by atoms with E-state index >= 15 is 0 Å². The highest BCUT2D eigenvalue weighted by Crippen LogP contribution is 2.43. The predicted molar refractivity (Wildman–Crippen MR) is 113 cm³/mol. The maximum Gasteiger partial charge on any atom is 0.337 e. The minimum absolute atomic E-state index is 0.0223. The standard InChI is InChI=1S/C21H16FN3O4S2/c1-29-21(26)13-4-5-15(12-2-3-12)20(9-13)31(27,28)25-19-8-14(11-23)17(22)10-16(19)18-6-7-30-24-18/h4-10,12,25H,2-3H2,1H3. The number of hydrogen-bond acceptors (Lipinski definition) is 7. The Kier molecular flexibility index (Phi) is 5.47. The fourth-order valence-electron chi connectivity index (χ4n) is 3.25. The smallest absolute Gasteiger partial charge is 0.337 e. The molecule has 1 aliphatic rings. The molecule has 0 amide bonds. The van der Waals surface area contributed by atoms with Gasteiger partial charge in [0.25, 0.3) is 10.0 Å². The van der Waals surface area contributed by atoms with Crippen LogP contribution in [0.5, 0.6) is 0 Å². The number of hydrogen-bond donors (Lipinski definition) is 1. The number of benzene rings is 2. The third-order valence-corrected chi connectivity index (χ3v) is 6.91. The molecule has 1 aromatic heterocycles. The Morgan fingerprint density at radius 2 is 2.06 bits per heavy atom. The lowest BCUT2D eigenvalue weighted by Gasteiger charge is -2.16. The molecule has 10 heteroatoms. The summed E-state index contributed by atoms with van der Waals surface area (Å²) in [6.07, 6.45) is 1.69. The van der Waals surface area contributed by atoms with Crippen LogP contribution < -0.4 is 4.72 Å². The quantitative estimate of drug-likeness (QED) is 0.553. The van der Waals surface area contributed by atoms with Crippen LogP contribution in [0.1, 0.15) is 40.2 Å². The topological polar surface area (TPSA) is 109 Å². The van der Waals surface area contributed by atoms with E-state index in [1.807, 2.05) is 0 Å². The Hall–Kier alpha value is -3.29. The van der Waals surface area contributed by atoms with E-state index < -0.39 is 21.8 Å². The molecule has 1 aliphatic carbocycles. The van der Waals surface area contributed by atoms with Crippen molar-refractivity contribution in [2.24, 2.45) is 0 Å². The highest BCUT2D eigenvalue weighted by molar-refractivity contribution is 7.92. The lowest BCUT2D eigenvalue weighted by molar-refractivity contribution is 0.0600. The number of carbonyl (C=O) groups excluding carboxylic acids is 1. The summed E-state index contributed by atoms with van der Waals surface area (Å²) in [4.78, 5) is 11.9. The largest absolute Gasteiger partial charge is 0.465 e. The van der Waals surface area contributed by atoms with E-state index in [1.165, 1.54) is 19.2 Å². The first-order chi connectivity index (χ1) is 14.8. The molecule has 158 valence electrons. The number of ether oxygens (including phenoxy) is 1. The summed E-state index contributed by atoms with van der Waals surface area (Å²) in [7, 11) is -2.96. The molecule has 1 saturated carbocycles. The van der Waals surface area contributed by atoms with Gasteiger partial charge in [0.1, 0.15) is 11.9 Å². The number of rotatable bonds is 6. The zero-order valence-corrected chi connectivity index (χ0v) is 17.9. The predicted octanol–water partition coefficient (Wildman–Crippen LogP) is 4.29. The van der Waals surface area contributed by atoms with E-state index in [-0.39, 0.29) is 33.2 Å². The Bertz CT molecular complexity index is 1310. The van der Waals surface area contributed by atoms with Crippen LogP contribution in [0.2, 0.25) is 0 Å². The van der Waals surface area contributed by atoms with Gasteiger partial charge in [0.15, 0.2) is 0 Å². The summed E-state index contributed by atoms with van der Waals surface area (Å²) < 4.78 is 52.3. The van der Waals surface area contributed by atoms with Crippen LogP contribution in [0.25, 0.3) is 11.3 Å². The number of nitrogens with one attached hydrogen (secondary N) is 1. The first kappa shape index (κ1) is 21.0. The second kappa shape index (κ2) is 8.09. The summed E-state index contributed by atoms with van der Waals surface area (Å²) >= 11 is 1.13. The second-order valence-electron chi connectivity index (χ2n) is 7.00. The van der Waals surface area contributed by atoms with Gasteiger partial charge in [-0.25, -0.2) is 17.6 Å². The number of sulfonamides is 1. The summed E-state index contributed by atoms with van der Waals surface area (Å²) in [5.41, 5.74) is 0.994. The third-order valence-electron chi connectivity index (χ3n) is 4.93. The monoisotopic (exact) mass is 457 g/mol. The fourth-order valence-corrected chi connectivity index (χ4v) is 5.17. The number of methoxy groups -OCH3 is 1. The second-order valence-corrected chi connectivity index (χ2v) is 9.31. The van der Waals surface area contributed by atoms with Crippen LogP contribution in [-0.2, 0) is 14.8 Å². The van der Waals surface area contributed by atoms with Gasteiger partial charge in [-0.2, -0.15) is 9.64 Å². The van der Waals surface area contributed by atoms with Gasteiger partial charge in [-0.05, 0) is 66.2 Å². The number of anilines is 1. The zero-order chi connectivity index (χ0) is 22.2. The number of aromatic nitrogens is 1. The van der Waals surface area contributed by atoms with Gasteiger partial charge in [0.05, 0.1) is 34.5 Å². The molecule has 1 N–H and O–H groups in total. The van der Waals surface area contributed by atoms with Crippen LogP contribution in [0.4, 0.5) is 10.1 Å². The van der Waals surface area contributed by atoms with E-state index in [1.54, 1.807) is 23.6 Å². The van der Waals surface area contributed by atoms with Crippen molar-refractivity contribution in [3.63, 3.8) is 0 Å². The van der Waals surface area contributed by atoms with E-state index in [0.29, 0.717) is 11.3 Å². The Morgan fingerprint density at radius 3 is 2.68 bits per heavy atom. The number of carbonyl (C=O) groups is 1. The van der Waals surface area contributed by atoms with Gasteiger partial charge in [-0.3, -0.25) is 4.72 Å². The highest BCUT2D eigenvalue weighted by atomic mass is 32.2. The molecule has 7 nitrogen and oxygen atoms in total. The summed E-state index contributed by atoms with van der Waals surface area (Å²) in [6, 6.07) is 9.99. The molecule has 0 saturated heterocycles. The normalized spacial score (nSPS) is 13.5. The molecule has 0 unspecified atom stereocenters. The van der Waals surface area contributed by atoms with Crippen molar-refractivity contribution in [1.82, 2.24) is 4.37 Å². The number of esters is 1. The van der Waals surface area contributed by atoms with E-state index in [9.17, 15) is 22.9 Å². The lowest BCUT2D eigenvalue weighted by atomic mass is 10.1. The molecule has 4 rings (SSSR count). The maximum absolute atomic E-state index is 14.3. The molecule has 0 spiro atoms. The molecular weight excluding hydrogens is 441 g/mol. The highest BCUT2D eigenvalue weighted by Gasteiger charge is 2.32. The van der Waals surface area contributed by atoms with Crippen LogP contribution in [0, 0.1) is 17.1 Å². The molecule has 31 heavy (non-hydrogen) atoms. The van der Waals surface area contributed by atoms with Crippen molar-refractivity contribution < 1.29 is 22.3 Å². The van der Waals surface area contributed by atoms with Gasteiger partial charge >= 0.3 is 5.97 Å². The fraction of sp³-hybridized carbons (Fsp3) is 0.190. The van der Waals surface area contributed by atoms with Gasteiger partial charge in [-0.15, -0.1) is 0 Å². The van der Waals surface area contributed by atoms with Gasteiger partial charge in [0.2, 0.25) is 0 Å². The average Bonchev–Trinajstić information content (AvgIpc) is 3.47. The van der Waals surface area contributed by atoms with E-state index in [4.69, 9.17) is 4.74 Å². The third kappa shape index (κ3) is 4.15. The Labute approximate surface area is 182 Å². The molecule has 1 heterocycles. The van der Waals surface area contributed by atoms with Crippen molar-refractivity contribution in [2.45, 2.75) is 23.7 Å². The van der Waals surface area contributed by atoms with Gasteiger partial charge in [0, 0.05) is 10.9 Å². The van der Waals surface area contributed by atoms with Crippen molar-refractivity contribution in [2.75, 3.05) is 11.8 Å². The number of nitrogens with zero attached hydrogens (tertiary/aromatic N) is 2. The summed E-state index contributed by atoms with van der Waals surface area (Å²) in [5.74, 6) is -1.35. The van der Waals surface area contributed by atoms with E-state index in [2.05, 4.69) is 9.10 Å².